The lowest BCUT2D eigenvalue weighted by atomic mass is 9.81. The summed E-state index contributed by atoms with van der Waals surface area (Å²) in [7, 11) is -4.72. The van der Waals surface area contributed by atoms with Gasteiger partial charge >= 0.3 is 14.0 Å². The monoisotopic (exact) mass is 466 g/mol. The van der Waals surface area contributed by atoms with Gasteiger partial charge < -0.3 is 9.63 Å². The van der Waals surface area contributed by atoms with Crippen LogP contribution in [0.25, 0.3) is 0 Å². The second-order valence-corrected chi connectivity index (χ2v) is 8.76. The lowest BCUT2D eigenvalue weighted by Crippen LogP contribution is -2.10. The molecule has 0 heterocycles. The van der Waals surface area contributed by atoms with E-state index >= 15 is 0 Å². The molecule has 0 aromatic heterocycles. The fourth-order valence-corrected chi connectivity index (χ4v) is 4.21. The molecule has 5 nitrogen and oxygen atoms in total. The van der Waals surface area contributed by atoms with Crippen LogP contribution in [0.15, 0.2) is 60.7 Å². The zero-order valence-corrected chi connectivity index (χ0v) is 18.2. The number of aryl methyl sites for hydroxylation is 2. The van der Waals surface area contributed by atoms with E-state index in [4.69, 9.17) is 14.3 Å². The van der Waals surface area contributed by atoms with Crippen molar-refractivity contribution in [3.05, 3.63) is 94.0 Å². The predicted octanol–water partition coefficient (Wildman–Crippen LogP) is 5.87. The lowest BCUT2D eigenvalue weighted by Gasteiger charge is -2.24. The van der Waals surface area contributed by atoms with Gasteiger partial charge in [-0.1, -0.05) is 24.3 Å². The third-order valence-corrected chi connectivity index (χ3v) is 5.61. The normalized spacial score (nSPS) is 13.1. The summed E-state index contributed by atoms with van der Waals surface area (Å²) in [6.45, 7) is 3.55. The first-order chi connectivity index (χ1) is 14.8. The van der Waals surface area contributed by atoms with Gasteiger partial charge in [0.1, 0.15) is 11.5 Å². The maximum absolute atomic E-state index is 12.9. The molecule has 0 saturated carbocycles. The molecule has 0 aliphatic rings. The number of rotatable bonds is 6. The Bertz CT molecular complexity index is 1110. The Hall–Kier alpha value is -2.80. The molecule has 0 radical (unpaired) electrons. The Labute approximate surface area is 183 Å². The molecule has 0 saturated heterocycles. The Balaban J connectivity index is 2.04. The molecule has 1 atom stereocenters. The zero-order chi connectivity index (χ0) is 23.7. The fourth-order valence-electron chi connectivity index (χ4n) is 3.83. The molecule has 0 spiro atoms. The standard InChI is InChI=1S/C23H22F3O5P/c1-14-11-20(31-32(28,29)30)12-15(2)22(14)21(17-5-9-19(27)10-6-17)13-16-3-7-18(8-4-16)23(24,25)26/h3-12,21,27H,13H2,1-2H3,(H2,28,29,30). The Kier molecular flexibility index (Phi) is 6.69. The van der Waals surface area contributed by atoms with Crippen molar-refractivity contribution in [2.24, 2.45) is 0 Å². The maximum Gasteiger partial charge on any atom is 0.524 e. The Morgan fingerprint density at radius 1 is 0.938 bits per heavy atom. The number of phenols is 1. The number of phosphoric acid groups is 1. The van der Waals surface area contributed by atoms with Crippen LogP contribution in [-0.4, -0.2) is 14.9 Å². The second kappa shape index (κ2) is 8.98. The van der Waals surface area contributed by atoms with Crippen molar-refractivity contribution >= 4 is 7.82 Å². The van der Waals surface area contributed by atoms with Gasteiger partial charge in [0.25, 0.3) is 0 Å². The van der Waals surface area contributed by atoms with E-state index in [0.717, 1.165) is 23.3 Å². The van der Waals surface area contributed by atoms with Crippen LogP contribution in [0.5, 0.6) is 11.5 Å². The summed E-state index contributed by atoms with van der Waals surface area (Å²) in [4.78, 5) is 18.2. The van der Waals surface area contributed by atoms with Gasteiger partial charge in [-0.05, 0) is 84.5 Å². The van der Waals surface area contributed by atoms with Crippen molar-refractivity contribution in [1.29, 1.82) is 0 Å². The van der Waals surface area contributed by atoms with Crippen molar-refractivity contribution < 1.29 is 37.2 Å². The van der Waals surface area contributed by atoms with E-state index in [1.54, 1.807) is 26.0 Å². The highest BCUT2D eigenvalue weighted by atomic mass is 31.2. The molecular formula is C23H22F3O5P. The zero-order valence-electron chi connectivity index (χ0n) is 17.3. The summed E-state index contributed by atoms with van der Waals surface area (Å²) in [6.07, 6.45) is -4.04. The highest BCUT2D eigenvalue weighted by molar-refractivity contribution is 7.46. The number of benzene rings is 3. The molecule has 3 rings (SSSR count). The van der Waals surface area contributed by atoms with E-state index < -0.39 is 19.6 Å². The third kappa shape index (κ3) is 5.91. The van der Waals surface area contributed by atoms with Crippen molar-refractivity contribution in [3.63, 3.8) is 0 Å². The number of phosphoric ester groups is 1. The molecule has 0 fully saturated rings. The van der Waals surface area contributed by atoms with Crippen molar-refractivity contribution in [3.8, 4) is 11.5 Å². The minimum atomic E-state index is -4.72. The molecule has 0 bridgehead atoms. The molecule has 0 amide bonds. The minimum absolute atomic E-state index is 0.0241. The lowest BCUT2D eigenvalue weighted by molar-refractivity contribution is -0.137. The van der Waals surface area contributed by atoms with Crippen LogP contribution < -0.4 is 4.52 Å². The molecule has 0 aliphatic heterocycles. The topological polar surface area (TPSA) is 87.0 Å². The fraction of sp³-hybridized carbons (Fsp3) is 0.217. The first-order valence-corrected chi connectivity index (χ1v) is 11.2. The van der Waals surface area contributed by atoms with Gasteiger partial charge in [0.2, 0.25) is 0 Å². The van der Waals surface area contributed by atoms with E-state index in [2.05, 4.69) is 0 Å². The van der Waals surface area contributed by atoms with Gasteiger partial charge in [-0.25, -0.2) is 4.57 Å². The predicted molar refractivity (Wildman–Crippen MR) is 114 cm³/mol. The smallest absolute Gasteiger partial charge is 0.508 e. The molecule has 0 aliphatic carbocycles. The molecule has 3 aromatic carbocycles. The number of hydrogen-bond acceptors (Lipinski definition) is 3. The molecule has 3 aromatic rings. The van der Waals surface area contributed by atoms with Crippen LogP contribution in [0, 0.1) is 13.8 Å². The van der Waals surface area contributed by atoms with Gasteiger partial charge in [0.05, 0.1) is 5.56 Å². The van der Waals surface area contributed by atoms with E-state index in [0.29, 0.717) is 23.1 Å². The average molecular weight is 466 g/mol. The highest BCUT2D eigenvalue weighted by Gasteiger charge is 2.30. The van der Waals surface area contributed by atoms with E-state index in [1.165, 1.54) is 36.4 Å². The van der Waals surface area contributed by atoms with Gasteiger partial charge in [-0.15, -0.1) is 0 Å². The number of alkyl halides is 3. The Morgan fingerprint density at radius 3 is 1.94 bits per heavy atom. The van der Waals surface area contributed by atoms with E-state index in [1.807, 2.05) is 0 Å². The summed E-state index contributed by atoms with van der Waals surface area (Å²) in [5.41, 5.74) is 3.06. The maximum atomic E-state index is 12.9. The number of aromatic hydroxyl groups is 1. The number of phenolic OH excluding ortho intramolecular Hbond substituents is 1. The second-order valence-electron chi connectivity index (χ2n) is 7.60. The van der Waals surface area contributed by atoms with Gasteiger partial charge in [-0.2, -0.15) is 13.2 Å². The highest BCUT2D eigenvalue weighted by Crippen LogP contribution is 2.41. The van der Waals surface area contributed by atoms with Crippen LogP contribution in [0.1, 0.15) is 39.3 Å². The summed E-state index contributed by atoms with van der Waals surface area (Å²) < 4.78 is 54.7. The molecular weight excluding hydrogens is 444 g/mol. The summed E-state index contributed by atoms with van der Waals surface area (Å²) in [5, 5.41) is 9.66. The third-order valence-electron chi connectivity index (χ3n) is 5.16. The molecule has 170 valence electrons. The van der Waals surface area contributed by atoms with Crippen LogP contribution in [-0.2, 0) is 17.2 Å². The van der Waals surface area contributed by atoms with Gasteiger partial charge in [0, 0.05) is 5.92 Å². The Morgan fingerprint density at radius 2 is 1.47 bits per heavy atom. The van der Waals surface area contributed by atoms with Crippen LogP contribution in [0.3, 0.4) is 0 Å². The molecule has 32 heavy (non-hydrogen) atoms. The van der Waals surface area contributed by atoms with E-state index in [9.17, 15) is 22.8 Å². The van der Waals surface area contributed by atoms with Gasteiger partial charge in [-0.3, -0.25) is 9.79 Å². The summed E-state index contributed by atoms with van der Waals surface area (Å²) in [6, 6.07) is 14.5. The number of halogens is 3. The van der Waals surface area contributed by atoms with Crippen LogP contribution in [0.4, 0.5) is 13.2 Å². The van der Waals surface area contributed by atoms with Gasteiger partial charge in [0.15, 0.2) is 0 Å². The number of hydrogen-bond donors (Lipinski definition) is 3. The van der Waals surface area contributed by atoms with Crippen molar-refractivity contribution in [2.45, 2.75) is 32.4 Å². The van der Waals surface area contributed by atoms with Crippen LogP contribution in [0.2, 0.25) is 0 Å². The minimum Gasteiger partial charge on any atom is -0.508 e. The summed E-state index contributed by atoms with van der Waals surface area (Å²) in [5.74, 6) is -0.173. The first-order valence-electron chi connectivity index (χ1n) is 9.65. The molecule has 9 heteroatoms. The van der Waals surface area contributed by atoms with E-state index in [-0.39, 0.29) is 17.4 Å². The van der Waals surface area contributed by atoms with Crippen molar-refractivity contribution in [2.75, 3.05) is 0 Å². The SMILES string of the molecule is Cc1cc(OP(=O)(O)O)cc(C)c1C(Cc1ccc(C(F)(F)F)cc1)c1ccc(O)cc1. The molecule has 1 unspecified atom stereocenters. The largest absolute Gasteiger partial charge is 0.524 e. The van der Waals surface area contributed by atoms with Crippen LogP contribution >= 0.6 is 7.82 Å². The first kappa shape index (κ1) is 23.9. The molecule has 3 N–H and O–H groups in total. The average Bonchev–Trinajstić information content (AvgIpc) is 2.66. The quantitative estimate of drug-likeness (QED) is 0.396. The summed E-state index contributed by atoms with van der Waals surface area (Å²) >= 11 is 0. The van der Waals surface area contributed by atoms with Crippen molar-refractivity contribution in [1.82, 2.24) is 0 Å².